The molecule has 0 radical (unpaired) electrons. The van der Waals surface area contributed by atoms with Crippen molar-refractivity contribution in [3.63, 3.8) is 0 Å². The molecule has 0 heterocycles. The van der Waals surface area contributed by atoms with E-state index in [0.717, 1.165) is 0 Å². The fourth-order valence-electron chi connectivity index (χ4n) is 3.24. The van der Waals surface area contributed by atoms with Gasteiger partial charge in [0.15, 0.2) is 11.9 Å². The highest BCUT2D eigenvalue weighted by molar-refractivity contribution is 7.98. The number of guanidine groups is 2. The van der Waals surface area contributed by atoms with E-state index in [1.54, 1.807) is 13.8 Å². The minimum absolute atomic E-state index is 0.0598. The molecule has 3 amide bonds. The molecule has 0 rings (SSSR count). The second-order valence-electron chi connectivity index (χ2n) is 8.98. The second-order valence-corrected chi connectivity index (χ2v) is 9.96. The van der Waals surface area contributed by atoms with Crippen LogP contribution in [0.1, 0.15) is 46.0 Å². The predicted molar refractivity (Wildman–Crippen MR) is 149 cm³/mol. The highest BCUT2D eigenvalue weighted by Crippen LogP contribution is 2.08. The van der Waals surface area contributed by atoms with Gasteiger partial charge in [0.2, 0.25) is 17.7 Å². The van der Waals surface area contributed by atoms with Crippen molar-refractivity contribution >= 4 is 47.4 Å². The average Bonchev–Trinajstić information content (AvgIpc) is 2.83. The molecule has 0 aromatic rings. The van der Waals surface area contributed by atoms with Crippen LogP contribution in [-0.4, -0.2) is 90.0 Å². The Balaban J connectivity index is 5.45. The monoisotopic (exact) mass is 560 g/mol. The van der Waals surface area contributed by atoms with E-state index < -0.39 is 47.9 Å². The summed E-state index contributed by atoms with van der Waals surface area (Å²) in [5.74, 6) is -3.00. The number of carboxylic acids is 1. The number of thioether (sulfide) groups is 1. The predicted octanol–water partition coefficient (Wildman–Crippen LogP) is -2.63. The van der Waals surface area contributed by atoms with Crippen molar-refractivity contribution in [1.29, 1.82) is 0 Å². The van der Waals surface area contributed by atoms with Crippen LogP contribution in [-0.2, 0) is 19.2 Å². The summed E-state index contributed by atoms with van der Waals surface area (Å²) in [5.41, 5.74) is 27.2. The Morgan fingerprint density at radius 3 is 1.79 bits per heavy atom. The maximum absolute atomic E-state index is 13.1. The molecule has 0 saturated heterocycles. The molecule has 0 aromatic heterocycles. The number of hydrogen-bond donors (Lipinski definition) is 9. The van der Waals surface area contributed by atoms with Crippen LogP contribution in [0.3, 0.4) is 0 Å². The smallest absolute Gasteiger partial charge is 0.326 e. The number of hydrogen-bond acceptors (Lipinski definition) is 8. The highest BCUT2D eigenvalue weighted by atomic mass is 32.2. The molecule has 0 aliphatic carbocycles. The van der Waals surface area contributed by atoms with Gasteiger partial charge in [-0.25, -0.2) is 4.79 Å². The van der Waals surface area contributed by atoms with Gasteiger partial charge in [0.1, 0.15) is 18.1 Å². The molecule has 14 N–H and O–H groups in total. The number of carboxylic acid groups (broad SMARTS) is 1. The molecule has 0 fully saturated rings. The molecule has 38 heavy (non-hydrogen) atoms. The fourth-order valence-corrected chi connectivity index (χ4v) is 3.72. The first kappa shape index (κ1) is 34.7. The minimum Gasteiger partial charge on any atom is -0.480 e. The topological polar surface area (TPSA) is 279 Å². The Morgan fingerprint density at radius 1 is 0.789 bits per heavy atom. The van der Waals surface area contributed by atoms with Gasteiger partial charge < -0.3 is 49.7 Å². The van der Waals surface area contributed by atoms with Crippen molar-refractivity contribution < 1.29 is 24.3 Å². The van der Waals surface area contributed by atoms with Gasteiger partial charge in [-0.1, -0.05) is 13.8 Å². The van der Waals surface area contributed by atoms with Crippen molar-refractivity contribution in [2.24, 2.45) is 44.6 Å². The maximum atomic E-state index is 13.1. The van der Waals surface area contributed by atoms with E-state index in [4.69, 9.17) is 28.7 Å². The van der Waals surface area contributed by atoms with E-state index in [2.05, 4.69) is 25.9 Å². The number of aliphatic imine (C=N–C) groups is 2. The standard InChI is InChI=1S/C22H44N10O5S/c1-12(2)16(32-17(33)13(23)6-4-9-28-21(24)25)19(35)30-14(7-5-10-29-22(26)27)18(34)31-15(20(36)37)8-11-38-3/h12-16H,4-11,23H2,1-3H3,(H,30,35)(H,31,34)(H,32,33)(H,36,37)(H4,24,25,28)(H4,26,27,29). The minimum atomic E-state index is -1.18. The van der Waals surface area contributed by atoms with Gasteiger partial charge in [0.25, 0.3) is 0 Å². The summed E-state index contributed by atoms with van der Waals surface area (Å²) in [4.78, 5) is 58.0. The summed E-state index contributed by atoms with van der Waals surface area (Å²) in [6.45, 7) is 3.97. The molecule has 4 unspecified atom stereocenters. The van der Waals surface area contributed by atoms with Crippen molar-refractivity contribution in [2.75, 3.05) is 25.1 Å². The lowest BCUT2D eigenvalue weighted by Gasteiger charge is -2.27. The summed E-state index contributed by atoms with van der Waals surface area (Å²) in [7, 11) is 0. The lowest BCUT2D eigenvalue weighted by Crippen LogP contribution is -2.58. The summed E-state index contributed by atoms with van der Waals surface area (Å²) in [6, 6.07) is -4.10. The molecule has 0 aliphatic rings. The zero-order valence-electron chi connectivity index (χ0n) is 22.3. The fraction of sp³-hybridized carbons (Fsp3) is 0.727. The maximum Gasteiger partial charge on any atom is 0.326 e. The summed E-state index contributed by atoms with van der Waals surface area (Å²) in [6.07, 6.45) is 3.25. The van der Waals surface area contributed by atoms with E-state index in [-0.39, 0.29) is 43.6 Å². The quantitative estimate of drug-likeness (QED) is 0.0447. The van der Waals surface area contributed by atoms with Crippen molar-refractivity contribution in [3.05, 3.63) is 0 Å². The first-order valence-electron chi connectivity index (χ1n) is 12.3. The molecule has 0 aliphatic heterocycles. The van der Waals surface area contributed by atoms with Gasteiger partial charge in [-0.15, -0.1) is 0 Å². The Labute approximate surface area is 227 Å². The van der Waals surface area contributed by atoms with Crippen LogP contribution in [0.2, 0.25) is 0 Å². The number of rotatable bonds is 19. The molecule has 0 spiro atoms. The van der Waals surface area contributed by atoms with Gasteiger partial charge in [-0.3, -0.25) is 24.4 Å². The van der Waals surface area contributed by atoms with Crippen molar-refractivity contribution in [2.45, 2.75) is 70.1 Å². The number of nitrogens with one attached hydrogen (secondary N) is 3. The van der Waals surface area contributed by atoms with Gasteiger partial charge in [0, 0.05) is 13.1 Å². The van der Waals surface area contributed by atoms with Crippen LogP contribution in [0.15, 0.2) is 9.98 Å². The average molecular weight is 561 g/mol. The summed E-state index contributed by atoms with van der Waals surface area (Å²) >= 11 is 1.44. The number of nitrogens with zero attached hydrogens (tertiary/aromatic N) is 2. The Morgan fingerprint density at radius 2 is 1.32 bits per heavy atom. The molecule has 0 aromatic carbocycles. The zero-order valence-corrected chi connectivity index (χ0v) is 23.1. The van der Waals surface area contributed by atoms with Crippen LogP contribution in [0.25, 0.3) is 0 Å². The second kappa shape index (κ2) is 18.9. The van der Waals surface area contributed by atoms with E-state index in [1.165, 1.54) is 11.8 Å². The zero-order chi connectivity index (χ0) is 29.3. The van der Waals surface area contributed by atoms with Crippen LogP contribution in [0.4, 0.5) is 0 Å². The molecule has 218 valence electrons. The first-order chi connectivity index (χ1) is 17.8. The number of carbonyl (C=O) groups excluding carboxylic acids is 3. The van der Waals surface area contributed by atoms with E-state index in [0.29, 0.717) is 25.1 Å². The number of nitrogens with two attached hydrogens (primary N) is 5. The summed E-state index contributed by atoms with van der Waals surface area (Å²) in [5, 5.41) is 17.2. The van der Waals surface area contributed by atoms with Crippen LogP contribution in [0.5, 0.6) is 0 Å². The normalized spacial score (nSPS) is 13.9. The van der Waals surface area contributed by atoms with Crippen LogP contribution < -0.4 is 44.6 Å². The third-order valence-electron chi connectivity index (χ3n) is 5.35. The van der Waals surface area contributed by atoms with Crippen molar-refractivity contribution in [3.8, 4) is 0 Å². The number of amides is 3. The molecule has 0 saturated carbocycles. The van der Waals surface area contributed by atoms with Gasteiger partial charge in [-0.05, 0) is 50.0 Å². The molecule has 16 heteroatoms. The third kappa shape index (κ3) is 15.1. The van der Waals surface area contributed by atoms with E-state index >= 15 is 0 Å². The molecule has 4 atom stereocenters. The number of carbonyl (C=O) groups is 4. The van der Waals surface area contributed by atoms with Crippen LogP contribution in [0, 0.1) is 5.92 Å². The van der Waals surface area contributed by atoms with Gasteiger partial charge in [0.05, 0.1) is 6.04 Å². The van der Waals surface area contributed by atoms with Crippen LogP contribution >= 0.6 is 11.8 Å². The van der Waals surface area contributed by atoms with Crippen molar-refractivity contribution in [1.82, 2.24) is 16.0 Å². The molecular weight excluding hydrogens is 516 g/mol. The van der Waals surface area contributed by atoms with E-state index in [1.807, 2.05) is 6.26 Å². The first-order valence-corrected chi connectivity index (χ1v) is 13.7. The van der Waals surface area contributed by atoms with Gasteiger partial charge >= 0.3 is 5.97 Å². The Kier molecular flexibility index (Phi) is 17.3. The third-order valence-corrected chi connectivity index (χ3v) is 6.00. The highest BCUT2D eigenvalue weighted by Gasteiger charge is 2.31. The Bertz CT molecular complexity index is 831. The molecule has 15 nitrogen and oxygen atoms in total. The molecular formula is C22H44N10O5S. The Hall–Kier alpha value is -3.27. The molecule has 0 bridgehead atoms. The lowest BCUT2D eigenvalue weighted by atomic mass is 10.0. The lowest BCUT2D eigenvalue weighted by molar-refractivity contribution is -0.142. The largest absolute Gasteiger partial charge is 0.480 e. The SMILES string of the molecule is CSCCC(NC(=O)C(CCCN=C(N)N)NC(=O)C(NC(=O)C(N)CCCN=C(N)N)C(C)C)C(=O)O. The summed E-state index contributed by atoms with van der Waals surface area (Å²) < 4.78 is 0. The van der Waals surface area contributed by atoms with E-state index in [9.17, 15) is 24.3 Å². The van der Waals surface area contributed by atoms with Gasteiger partial charge in [-0.2, -0.15) is 11.8 Å². The number of aliphatic carboxylic acids is 1.